The smallest absolute Gasteiger partial charge is 0.273 e. The van der Waals surface area contributed by atoms with Gasteiger partial charge in [0.1, 0.15) is 18.5 Å². The van der Waals surface area contributed by atoms with Crippen LogP contribution in [-0.4, -0.2) is 53.9 Å². The Hall–Kier alpha value is -2.19. The van der Waals surface area contributed by atoms with E-state index in [-0.39, 0.29) is 18.4 Å². The largest absolute Gasteiger partial charge is 0.491 e. The van der Waals surface area contributed by atoms with Crippen molar-refractivity contribution in [2.24, 2.45) is 0 Å². The highest BCUT2D eigenvalue weighted by molar-refractivity contribution is 6.30. The fourth-order valence-electron chi connectivity index (χ4n) is 2.98. The summed E-state index contributed by atoms with van der Waals surface area (Å²) in [5.41, 5.74) is 1.01. The molecule has 0 amide bonds. The standard InChI is InChI=1S/C19H21ClN2O5/c20-15-6-4-14(5-7-15)19-12-21(8-9-26-19)11-17(23)13-27-18-3-1-2-16(10-18)22(24)25/h1-7,10,17,19,23H,8-9,11-13H2. The normalized spacial score (nSPS) is 18.8. The monoisotopic (exact) mass is 392 g/mol. The number of nitro benzene ring substituents is 1. The molecule has 1 fully saturated rings. The maximum atomic E-state index is 10.8. The average molecular weight is 393 g/mol. The summed E-state index contributed by atoms with van der Waals surface area (Å²) in [5, 5.41) is 21.8. The Morgan fingerprint density at radius 3 is 2.85 bits per heavy atom. The van der Waals surface area contributed by atoms with E-state index in [2.05, 4.69) is 4.90 Å². The van der Waals surface area contributed by atoms with Crippen molar-refractivity contribution < 1.29 is 19.5 Å². The fraction of sp³-hybridized carbons (Fsp3) is 0.368. The Morgan fingerprint density at radius 2 is 2.11 bits per heavy atom. The van der Waals surface area contributed by atoms with E-state index in [0.717, 1.165) is 12.1 Å². The zero-order chi connectivity index (χ0) is 19.2. The molecule has 8 heteroatoms. The number of morpholine rings is 1. The van der Waals surface area contributed by atoms with Gasteiger partial charge in [0.15, 0.2) is 0 Å². The average Bonchev–Trinajstić information content (AvgIpc) is 2.67. The van der Waals surface area contributed by atoms with E-state index in [9.17, 15) is 15.2 Å². The van der Waals surface area contributed by atoms with Gasteiger partial charge >= 0.3 is 0 Å². The molecule has 1 aliphatic heterocycles. The minimum atomic E-state index is -0.715. The maximum Gasteiger partial charge on any atom is 0.273 e. The predicted molar refractivity (Wildman–Crippen MR) is 101 cm³/mol. The fourth-order valence-corrected chi connectivity index (χ4v) is 3.10. The van der Waals surface area contributed by atoms with E-state index in [0.29, 0.717) is 30.5 Å². The van der Waals surface area contributed by atoms with Crippen molar-refractivity contribution in [2.75, 3.05) is 32.8 Å². The third kappa shape index (κ3) is 5.64. The number of rotatable bonds is 7. The zero-order valence-corrected chi connectivity index (χ0v) is 15.4. The van der Waals surface area contributed by atoms with Gasteiger partial charge in [-0.15, -0.1) is 0 Å². The van der Waals surface area contributed by atoms with Gasteiger partial charge in [-0.2, -0.15) is 0 Å². The van der Waals surface area contributed by atoms with Crippen LogP contribution in [-0.2, 0) is 4.74 Å². The summed E-state index contributed by atoms with van der Waals surface area (Å²) in [6, 6.07) is 13.5. The van der Waals surface area contributed by atoms with Crippen molar-refractivity contribution in [1.29, 1.82) is 0 Å². The Balaban J connectivity index is 1.50. The van der Waals surface area contributed by atoms with Gasteiger partial charge in [-0.3, -0.25) is 15.0 Å². The first-order chi connectivity index (χ1) is 13.0. The van der Waals surface area contributed by atoms with Crippen LogP contribution in [0.15, 0.2) is 48.5 Å². The lowest BCUT2D eigenvalue weighted by atomic mass is 10.1. The van der Waals surface area contributed by atoms with Crippen molar-refractivity contribution in [2.45, 2.75) is 12.2 Å². The molecule has 27 heavy (non-hydrogen) atoms. The summed E-state index contributed by atoms with van der Waals surface area (Å²) in [6.07, 6.45) is -0.783. The lowest BCUT2D eigenvalue weighted by molar-refractivity contribution is -0.384. The van der Waals surface area contributed by atoms with Crippen LogP contribution in [0.4, 0.5) is 5.69 Å². The van der Waals surface area contributed by atoms with Gasteiger partial charge in [0.25, 0.3) is 5.69 Å². The van der Waals surface area contributed by atoms with E-state index < -0.39 is 11.0 Å². The molecule has 1 saturated heterocycles. The van der Waals surface area contributed by atoms with Crippen LogP contribution in [0.5, 0.6) is 5.75 Å². The number of nitrogens with zero attached hydrogens (tertiary/aromatic N) is 2. The zero-order valence-electron chi connectivity index (χ0n) is 14.7. The topological polar surface area (TPSA) is 85.1 Å². The molecule has 1 aliphatic rings. The summed E-state index contributed by atoms with van der Waals surface area (Å²) in [4.78, 5) is 12.4. The van der Waals surface area contributed by atoms with Crippen molar-refractivity contribution in [3.05, 3.63) is 69.2 Å². The summed E-state index contributed by atoms with van der Waals surface area (Å²) in [5.74, 6) is 0.365. The summed E-state index contributed by atoms with van der Waals surface area (Å²) in [7, 11) is 0. The number of aliphatic hydroxyl groups excluding tert-OH is 1. The van der Waals surface area contributed by atoms with Crippen LogP contribution in [0.25, 0.3) is 0 Å². The molecule has 2 unspecified atom stereocenters. The second-order valence-electron chi connectivity index (χ2n) is 6.39. The molecule has 0 radical (unpaired) electrons. The first-order valence-electron chi connectivity index (χ1n) is 8.66. The highest BCUT2D eigenvalue weighted by Gasteiger charge is 2.23. The maximum absolute atomic E-state index is 10.8. The molecule has 1 heterocycles. The highest BCUT2D eigenvalue weighted by atomic mass is 35.5. The van der Waals surface area contributed by atoms with E-state index in [1.807, 2.05) is 24.3 Å². The van der Waals surface area contributed by atoms with Gasteiger partial charge < -0.3 is 14.6 Å². The second-order valence-corrected chi connectivity index (χ2v) is 6.83. The Labute approximate surface area is 162 Å². The van der Waals surface area contributed by atoms with Crippen molar-refractivity contribution in [3.8, 4) is 5.75 Å². The number of halogens is 1. The molecule has 7 nitrogen and oxygen atoms in total. The molecule has 0 spiro atoms. The van der Waals surface area contributed by atoms with Crippen LogP contribution in [0.3, 0.4) is 0 Å². The molecule has 1 N–H and O–H groups in total. The molecule has 0 bridgehead atoms. The van der Waals surface area contributed by atoms with Crippen LogP contribution in [0.1, 0.15) is 11.7 Å². The van der Waals surface area contributed by atoms with Crippen molar-refractivity contribution in [1.82, 2.24) is 4.90 Å². The molecular formula is C19H21ClN2O5. The minimum absolute atomic E-state index is 0.0408. The number of ether oxygens (including phenoxy) is 2. The molecule has 0 aliphatic carbocycles. The first-order valence-corrected chi connectivity index (χ1v) is 9.04. The quantitative estimate of drug-likeness (QED) is 0.575. The SMILES string of the molecule is O=[N+]([O-])c1cccc(OCC(O)CN2CCOC(c3ccc(Cl)cc3)C2)c1. The number of benzene rings is 2. The summed E-state index contributed by atoms with van der Waals surface area (Å²) in [6.45, 7) is 2.45. The number of β-amino-alcohol motifs (C(OH)–C–C–N with tert-alkyl or cyclic N) is 1. The molecule has 144 valence electrons. The third-order valence-corrected chi connectivity index (χ3v) is 4.58. The number of aliphatic hydroxyl groups is 1. The highest BCUT2D eigenvalue weighted by Crippen LogP contribution is 2.24. The third-order valence-electron chi connectivity index (χ3n) is 4.33. The van der Waals surface area contributed by atoms with Crippen LogP contribution in [0, 0.1) is 10.1 Å². The van der Waals surface area contributed by atoms with Crippen LogP contribution in [0.2, 0.25) is 5.02 Å². The number of hydrogen-bond acceptors (Lipinski definition) is 6. The van der Waals surface area contributed by atoms with Gasteiger partial charge in [-0.05, 0) is 23.8 Å². The number of hydrogen-bond donors (Lipinski definition) is 1. The number of non-ortho nitro benzene ring substituents is 1. The van der Waals surface area contributed by atoms with E-state index in [1.54, 1.807) is 12.1 Å². The molecule has 2 aromatic rings. The molecular weight excluding hydrogens is 372 g/mol. The molecule has 0 saturated carbocycles. The Kier molecular flexibility index (Phi) is 6.63. The lowest BCUT2D eigenvalue weighted by Gasteiger charge is -2.34. The van der Waals surface area contributed by atoms with Crippen LogP contribution >= 0.6 is 11.6 Å². The predicted octanol–water partition coefficient (Wildman–Crippen LogP) is 3.06. The Bertz CT molecular complexity index is 771. The van der Waals surface area contributed by atoms with Gasteiger partial charge in [0.05, 0.1) is 23.7 Å². The molecule has 0 aromatic heterocycles. The van der Waals surface area contributed by atoms with E-state index in [1.165, 1.54) is 12.1 Å². The summed E-state index contributed by atoms with van der Waals surface area (Å²) < 4.78 is 11.3. The number of nitro groups is 1. The van der Waals surface area contributed by atoms with Crippen LogP contribution < -0.4 is 4.74 Å². The lowest BCUT2D eigenvalue weighted by Crippen LogP contribution is -2.43. The van der Waals surface area contributed by atoms with Gasteiger partial charge in [-0.25, -0.2) is 0 Å². The Morgan fingerprint density at radius 1 is 1.33 bits per heavy atom. The minimum Gasteiger partial charge on any atom is -0.491 e. The van der Waals surface area contributed by atoms with Crippen molar-refractivity contribution in [3.63, 3.8) is 0 Å². The van der Waals surface area contributed by atoms with E-state index >= 15 is 0 Å². The van der Waals surface area contributed by atoms with Crippen molar-refractivity contribution >= 4 is 17.3 Å². The van der Waals surface area contributed by atoms with E-state index in [4.69, 9.17) is 21.1 Å². The van der Waals surface area contributed by atoms with Gasteiger partial charge in [0, 0.05) is 30.7 Å². The summed E-state index contributed by atoms with van der Waals surface area (Å²) >= 11 is 5.92. The molecule has 3 rings (SSSR count). The molecule has 2 aromatic carbocycles. The van der Waals surface area contributed by atoms with Gasteiger partial charge in [0.2, 0.25) is 0 Å². The van der Waals surface area contributed by atoms with Gasteiger partial charge in [-0.1, -0.05) is 29.8 Å². The molecule has 2 atom stereocenters. The first kappa shape index (κ1) is 19.6. The second kappa shape index (κ2) is 9.14.